The molecule has 0 saturated carbocycles. The van der Waals surface area contributed by atoms with Gasteiger partial charge in [-0.25, -0.2) is 0 Å². The third-order valence-electron chi connectivity index (χ3n) is 3.03. The van der Waals surface area contributed by atoms with Crippen molar-refractivity contribution < 1.29 is 4.79 Å². The van der Waals surface area contributed by atoms with Crippen LogP contribution in [0.5, 0.6) is 0 Å². The summed E-state index contributed by atoms with van der Waals surface area (Å²) < 4.78 is 1.99. The largest absolute Gasteiger partial charge is 0.370 e. The van der Waals surface area contributed by atoms with E-state index in [1.165, 1.54) is 0 Å². The molecule has 2 aromatic rings. The minimum atomic E-state index is -0.311. The molecular weight excluding hydrogens is 226 g/mol. The Kier molecular flexibility index (Phi) is 3.46. The van der Waals surface area contributed by atoms with Crippen LogP contribution in [0.4, 0.5) is 0 Å². The Bertz CT molecular complexity index is 546. The van der Waals surface area contributed by atoms with Gasteiger partial charge in [0, 0.05) is 24.3 Å². The Morgan fingerprint density at radius 2 is 2.06 bits per heavy atom. The standard InChI is InChI=1S/C14H17N3O/c1-10-7-11(2)16-9-12(10)13(8-14(15)18)17-5-3-4-6-17/h3-7,9,13H,8H2,1-2H3,(H2,15,18)/t13-/m0/s1. The first-order valence-electron chi connectivity index (χ1n) is 5.92. The lowest BCUT2D eigenvalue weighted by Crippen LogP contribution is -2.20. The number of carbonyl (C=O) groups excluding carboxylic acids is 1. The Morgan fingerprint density at radius 1 is 1.39 bits per heavy atom. The number of aryl methyl sites for hydroxylation is 2. The van der Waals surface area contributed by atoms with Gasteiger partial charge in [0.05, 0.1) is 12.5 Å². The summed E-state index contributed by atoms with van der Waals surface area (Å²) in [5.74, 6) is -0.311. The van der Waals surface area contributed by atoms with Crippen molar-refractivity contribution in [3.63, 3.8) is 0 Å². The van der Waals surface area contributed by atoms with Crippen LogP contribution in [0.1, 0.15) is 29.3 Å². The van der Waals surface area contributed by atoms with E-state index in [2.05, 4.69) is 4.98 Å². The normalized spacial score (nSPS) is 12.3. The molecule has 1 amide bonds. The van der Waals surface area contributed by atoms with Crippen molar-refractivity contribution in [1.82, 2.24) is 9.55 Å². The number of rotatable bonds is 4. The van der Waals surface area contributed by atoms with Crippen LogP contribution < -0.4 is 5.73 Å². The van der Waals surface area contributed by atoms with Gasteiger partial charge >= 0.3 is 0 Å². The van der Waals surface area contributed by atoms with Crippen molar-refractivity contribution in [2.45, 2.75) is 26.3 Å². The van der Waals surface area contributed by atoms with Gasteiger partial charge in [-0.05, 0) is 43.2 Å². The number of pyridine rings is 1. The first-order chi connectivity index (χ1) is 8.58. The van der Waals surface area contributed by atoms with E-state index in [1.54, 1.807) is 0 Å². The summed E-state index contributed by atoms with van der Waals surface area (Å²) in [4.78, 5) is 15.6. The Morgan fingerprint density at radius 3 is 2.61 bits per heavy atom. The number of hydrogen-bond donors (Lipinski definition) is 1. The minimum Gasteiger partial charge on any atom is -0.370 e. The molecular formula is C14H17N3O. The van der Waals surface area contributed by atoms with Crippen LogP contribution >= 0.6 is 0 Å². The average Bonchev–Trinajstić information content (AvgIpc) is 2.79. The number of amides is 1. The topological polar surface area (TPSA) is 60.9 Å². The summed E-state index contributed by atoms with van der Waals surface area (Å²) in [6.45, 7) is 3.98. The lowest BCUT2D eigenvalue weighted by Gasteiger charge is -2.20. The second-order valence-corrected chi connectivity index (χ2v) is 4.50. The molecule has 1 atom stereocenters. The quantitative estimate of drug-likeness (QED) is 0.892. The lowest BCUT2D eigenvalue weighted by molar-refractivity contribution is -0.118. The Labute approximate surface area is 106 Å². The maximum Gasteiger partial charge on any atom is 0.219 e. The second-order valence-electron chi connectivity index (χ2n) is 4.50. The molecule has 0 aliphatic heterocycles. The molecule has 0 radical (unpaired) electrons. The molecule has 0 aliphatic rings. The zero-order valence-corrected chi connectivity index (χ0v) is 10.6. The molecule has 2 heterocycles. The zero-order chi connectivity index (χ0) is 13.1. The van der Waals surface area contributed by atoms with Crippen LogP contribution in [-0.4, -0.2) is 15.5 Å². The molecule has 4 heteroatoms. The van der Waals surface area contributed by atoms with Crippen molar-refractivity contribution in [3.05, 3.63) is 53.6 Å². The van der Waals surface area contributed by atoms with E-state index >= 15 is 0 Å². The molecule has 94 valence electrons. The molecule has 2 rings (SSSR count). The van der Waals surface area contributed by atoms with Gasteiger partial charge in [0.2, 0.25) is 5.91 Å². The molecule has 0 unspecified atom stereocenters. The van der Waals surface area contributed by atoms with Crippen LogP contribution in [0.15, 0.2) is 36.8 Å². The van der Waals surface area contributed by atoms with Gasteiger partial charge in [0.15, 0.2) is 0 Å². The lowest BCUT2D eigenvalue weighted by atomic mass is 10.00. The maximum absolute atomic E-state index is 11.2. The second kappa shape index (κ2) is 5.04. The van der Waals surface area contributed by atoms with Crippen LogP contribution in [0.25, 0.3) is 0 Å². The van der Waals surface area contributed by atoms with Crippen LogP contribution in [0.2, 0.25) is 0 Å². The highest BCUT2D eigenvalue weighted by Gasteiger charge is 2.18. The first kappa shape index (κ1) is 12.4. The fourth-order valence-electron chi connectivity index (χ4n) is 2.18. The van der Waals surface area contributed by atoms with E-state index in [-0.39, 0.29) is 18.4 Å². The molecule has 0 aliphatic carbocycles. The van der Waals surface area contributed by atoms with Gasteiger partial charge in [-0.1, -0.05) is 0 Å². The maximum atomic E-state index is 11.2. The number of aromatic nitrogens is 2. The summed E-state index contributed by atoms with van der Waals surface area (Å²) in [6, 6.07) is 5.81. The average molecular weight is 243 g/mol. The molecule has 0 aromatic carbocycles. The van der Waals surface area contributed by atoms with Crippen LogP contribution in [-0.2, 0) is 4.79 Å². The predicted molar refractivity (Wildman–Crippen MR) is 70.1 cm³/mol. The van der Waals surface area contributed by atoms with E-state index < -0.39 is 0 Å². The van der Waals surface area contributed by atoms with Gasteiger partial charge in [-0.15, -0.1) is 0 Å². The first-order valence-corrected chi connectivity index (χ1v) is 5.92. The number of nitrogens with two attached hydrogens (primary N) is 1. The van der Waals surface area contributed by atoms with Crippen molar-refractivity contribution in [1.29, 1.82) is 0 Å². The summed E-state index contributed by atoms with van der Waals surface area (Å²) in [5, 5.41) is 0. The highest BCUT2D eigenvalue weighted by Crippen LogP contribution is 2.24. The Balaban J connectivity index is 2.43. The number of carbonyl (C=O) groups is 1. The highest BCUT2D eigenvalue weighted by molar-refractivity contribution is 5.74. The fourth-order valence-corrected chi connectivity index (χ4v) is 2.18. The number of nitrogens with zero attached hydrogens (tertiary/aromatic N) is 2. The Hall–Kier alpha value is -2.10. The molecule has 0 saturated heterocycles. The molecule has 2 aromatic heterocycles. The minimum absolute atomic E-state index is 0.0781. The summed E-state index contributed by atoms with van der Waals surface area (Å²) in [6.07, 6.45) is 5.98. The summed E-state index contributed by atoms with van der Waals surface area (Å²) in [5.41, 5.74) is 8.48. The van der Waals surface area contributed by atoms with Gasteiger partial charge in [-0.3, -0.25) is 9.78 Å². The van der Waals surface area contributed by atoms with Crippen molar-refractivity contribution in [3.8, 4) is 0 Å². The SMILES string of the molecule is Cc1cc(C)c([C@H](CC(N)=O)n2cccc2)cn1. The van der Waals surface area contributed by atoms with Crippen molar-refractivity contribution in [2.24, 2.45) is 5.73 Å². The number of hydrogen-bond acceptors (Lipinski definition) is 2. The van der Waals surface area contributed by atoms with Gasteiger partial charge in [0.1, 0.15) is 0 Å². The summed E-state index contributed by atoms with van der Waals surface area (Å²) >= 11 is 0. The molecule has 0 fully saturated rings. The van der Waals surface area contributed by atoms with E-state index in [0.717, 1.165) is 16.8 Å². The zero-order valence-electron chi connectivity index (χ0n) is 10.6. The van der Waals surface area contributed by atoms with Crippen molar-refractivity contribution in [2.75, 3.05) is 0 Å². The van der Waals surface area contributed by atoms with E-state index in [4.69, 9.17) is 5.73 Å². The number of primary amides is 1. The predicted octanol–water partition coefficient (Wildman–Crippen LogP) is 1.96. The highest BCUT2D eigenvalue weighted by atomic mass is 16.1. The molecule has 0 bridgehead atoms. The summed E-state index contributed by atoms with van der Waals surface area (Å²) in [7, 11) is 0. The van der Waals surface area contributed by atoms with E-state index in [0.29, 0.717) is 0 Å². The van der Waals surface area contributed by atoms with Gasteiger partial charge < -0.3 is 10.3 Å². The third-order valence-corrected chi connectivity index (χ3v) is 3.03. The van der Waals surface area contributed by atoms with Gasteiger partial charge in [0.25, 0.3) is 0 Å². The third kappa shape index (κ3) is 2.59. The molecule has 2 N–H and O–H groups in total. The molecule has 4 nitrogen and oxygen atoms in total. The van der Waals surface area contributed by atoms with E-state index in [9.17, 15) is 4.79 Å². The van der Waals surface area contributed by atoms with Crippen LogP contribution in [0, 0.1) is 13.8 Å². The molecule has 18 heavy (non-hydrogen) atoms. The molecule has 0 spiro atoms. The smallest absolute Gasteiger partial charge is 0.219 e. The van der Waals surface area contributed by atoms with Gasteiger partial charge in [-0.2, -0.15) is 0 Å². The van der Waals surface area contributed by atoms with Crippen LogP contribution in [0.3, 0.4) is 0 Å². The van der Waals surface area contributed by atoms with E-state index in [1.807, 2.05) is 55.2 Å². The fraction of sp³-hybridized carbons (Fsp3) is 0.286. The monoisotopic (exact) mass is 243 g/mol. The van der Waals surface area contributed by atoms with Crippen molar-refractivity contribution >= 4 is 5.91 Å².